The third kappa shape index (κ3) is 1.91. The maximum Gasteiger partial charge on any atom is 0.324 e. The number of hydrogen-bond acceptors (Lipinski definition) is 3. The van der Waals surface area contributed by atoms with E-state index < -0.39 is 0 Å². The van der Waals surface area contributed by atoms with Crippen LogP contribution in [0.1, 0.15) is 6.92 Å². The molecule has 0 aliphatic carbocycles. The predicted molar refractivity (Wildman–Crippen MR) is 48.1 cm³/mol. The molecule has 1 saturated heterocycles. The minimum absolute atomic E-state index is 0.137. The lowest BCUT2D eigenvalue weighted by molar-refractivity contribution is -0.125. The second kappa shape index (κ2) is 3.80. The summed E-state index contributed by atoms with van der Waals surface area (Å²) in [6.07, 6.45) is 0. The molecule has 0 aromatic heterocycles. The first-order valence-electron chi connectivity index (χ1n) is 3.84. The zero-order valence-electron chi connectivity index (χ0n) is 6.91. The molecule has 1 N–H and O–H groups in total. The van der Waals surface area contributed by atoms with Crippen LogP contribution in [0.3, 0.4) is 0 Å². The lowest BCUT2D eigenvalue weighted by Crippen LogP contribution is -2.35. The van der Waals surface area contributed by atoms with Crippen LogP contribution >= 0.6 is 12.6 Å². The number of carbonyl (C=O) groups excluding carboxylic acids is 2. The van der Waals surface area contributed by atoms with Crippen molar-refractivity contribution in [1.82, 2.24) is 10.2 Å². The van der Waals surface area contributed by atoms with E-state index in [2.05, 4.69) is 17.9 Å². The minimum atomic E-state index is -0.284. The van der Waals surface area contributed by atoms with Crippen molar-refractivity contribution in [3.05, 3.63) is 0 Å². The van der Waals surface area contributed by atoms with Crippen molar-refractivity contribution < 1.29 is 9.59 Å². The molecule has 1 fully saturated rings. The van der Waals surface area contributed by atoms with Gasteiger partial charge >= 0.3 is 6.03 Å². The van der Waals surface area contributed by atoms with Gasteiger partial charge in [0.25, 0.3) is 0 Å². The van der Waals surface area contributed by atoms with Gasteiger partial charge in [-0.25, -0.2) is 4.79 Å². The summed E-state index contributed by atoms with van der Waals surface area (Å²) in [6.45, 7) is 2.55. The van der Waals surface area contributed by atoms with E-state index in [4.69, 9.17) is 0 Å². The molecular weight excluding hydrogens is 176 g/mol. The van der Waals surface area contributed by atoms with Crippen LogP contribution in [0.5, 0.6) is 0 Å². The summed E-state index contributed by atoms with van der Waals surface area (Å²) >= 11 is 4.08. The molecule has 3 amide bonds. The summed E-state index contributed by atoms with van der Waals surface area (Å²) < 4.78 is 0. The topological polar surface area (TPSA) is 49.4 Å². The summed E-state index contributed by atoms with van der Waals surface area (Å²) in [5, 5.41) is 2.46. The van der Waals surface area contributed by atoms with Crippen molar-refractivity contribution >= 4 is 24.6 Å². The number of nitrogens with zero attached hydrogens (tertiary/aromatic N) is 1. The van der Waals surface area contributed by atoms with Crippen LogP contribution in [-0.2, 0) is 4.79 Å². The van der Waals surface area contributed by atoms with Crippen LogP contribution < -0.4 is 5.32 Å². The van der Waals surface area contributed by atoms with Gasteiger partial charge in [0, 0.05) is 6.54 Å². The van der Waals surface area contributed by atoms with E-state index in [1.54, 1.807) is 0 Å². The van der Waals surface area contributed by atoms with Crippen molar-refractivity contribution in [3.8, 4) is 0 Å². The number of hydrogen-bond donors (Lipinski definition) is 2. The number of amides is 3. The first-order valence-corrected chi connectivity index (χ1v) is 4.47. The van der Waals surface area contributed by atoms with E-state index in [0.717, 1.165) is 0 Å². The number of urea groups is 1. The van der Waals surface area contributed by atoms with Crippen LogP contribution in [0.2, 0.25) is 0 Å². The number of thiol groups is 1. The number of nitrogens with one attached hydrogen (secondary N) is 1. The average molecular weight is 188 g/mol. The molecule has 0 aromatic rings. The van der Waals surface area contributed by atoms with E-state index in [-0.39, 0.29) is 24.4 Å². The standard InChI is InChI=1S/C7H12N2O2S/c1-5(4-12)3-9-6(10)2-8-7(9)11/h5,12H,2-4H2,1H3,(H,8,11). The third-order valence-corrected chi connectivity index (χ3v) is 2.37. The highest BCUT2D eigenvalue weighted by Gasteiger charge is 2.28. The van der Waals surface area contributed by atoms with Crippen LogP contribution in [0.4, 0.5) is 4.79 Å². The monoisotopic (exact) mass is 188 g/mol. The third-order valence-electron chi connectivity index (χ3n) is 1.74. The van der Waals surface area contributed by atoms with Gasteiger partial charge in [0.2, 0.25) is 5.91 Å². The van der Waals surface area contributed by atoms with Crippen molar-refractivity contribution in [1.29, 1.82) is 0 Å². The fourth-order valence-electron chi connectivity index (χ4n) is 1.01. The molecule has 1 aliphatic heterocycles. The molecule has 1 unspecified atom stereocenters. The molecule has 68 valence electrons. The number of carbonyl (C=O) groups is 2. The largest absolute Gasteiger partial charge is 0.329 e. The predicted octanol–water partition coefficient (Wildman–Crippen LogP) is 0.104. The Balaban J connectivity index is 2.50. The van der Waals surface area contributed by atoms with Crippen LogP contribution in [0.25, 0.3) is 0 Å². The summed E-state index contributed by atoms with van der Waals surface area (Å²) in [5.74, 6) is 0.784. The van der Waals surface area contributed by atoms with Gasteiger partial charge in [0.05, 0.1) is 6.54 Å². The first kappa shape index (κ1) is 9.38. The van der Waals surface area contributed by atoms with E-state index in [9.17, 15) is 9.59 Å². The zero-order chi connectivity index (χ0) is 9.14. The summed E-state index contributed by atoms with van der Waals surface area (Å²) in [5.41, 5.74) is 0. The second-order valence-electron chi connectivity index (χ2n) is 2.95. The molecule has 12 heavy (non-hydrogen) atoms. The second-order valence-corrected chi connectivity index (χ2v) is 3.32. The normalized spacial score (nSPS) is 19.7. The average Bonchev–Trinajstić information content (AvgIpc) is 2.35. The summed E-state index contributed by atoms with van der Waals surface area (Å²) in [7, 11) is 0. The molecule has 4 nitrogen and oxygen atoms in total. The minimum Gasteiger partial charge on any atom is -0.329 e. The van der Waals surface area contributed by atoms with Crippen LogP contribution in [0.15, 0.2) is 0 Å². The van der Waals surface area contributed by atoms with Gasteiger partial charge < -0.3 is 5.32 Å². The Hall–Kier alpha value is -0.710. The Morgan fingerprint density at radius 1 is 1.67 bits per heavy atom. The van der Waals surface area contributed by atoms with Gasteiger partial charge in [-0.2, -0.15) is 12.6 Å². The number of rotatable bonds is 3. The SMILES string of the molecule is CC(CS)CN1C(=O)CNC1=O. The molecule has 1 atom stereocenters. The highest BCUT2D eigenvalue weighted by atomic mass is 32.1. The highest BCUT2D eigenvalue weighted by molar-refractivity contribution is 7.80. The Morgan fingerprint density at radius 3 is 2.75 bits per heavy atom. The van der Waals surface area contributed by atoms with Crippen molar-refractivity contribution in [2.24, 2.45) is 5.92 Å². The lowest BCUT2D eigenvalue weighted by atomic mass is 10.2. The van der Waals surface area contributed by atoms with Gasteiger partial charge in [-0.15, -0.1) is 0 Å². The Kier molecular flexibility index (Phi) is 2.97. The maximum absolute atomic E-state index is 11.1. The van der Waals surface area contributed by atoms with Gasteiger partial charge in [0.15, 0.2) is 0 Å². The fraction of sp³-hybridized carbons (Fsp3) is 0.714. The Labute approximate surface area is 76.7 Å². The van der Waals surface area contributed by atoms with Gasteiger partial charge in [-0.1, -0.05) is 6.92 Å². The number of imide groups is 1. The zero-order valence-corrected chi connectivity index (χ0v) is 7.80. The Bertz CT molecular complexity index is 192. The summed E-state index contributed by atoms with van der Waals surface area (Å²) in [4.78, 5) is 23.3. The molecule has 1 heterocycles. The van der Waals surface area contributed by atoms with Gasteiger partial charge in [0.1, 0.15) is 0 Å². The van der Waals surface area contributed by atoms with E-state index >= 15 is 0 Å². The fourth-order valence-corrected chi connectivity index (χ4v) is 1.12. The lowest BCUT2D eigenvalue weighted by Gasteiger charge is -2.15. The molecule has 0 bridgehead atoms. The molecule has 0 saturated carbocycles. The maximum atomic E-state index is 11.1. The van der Waals surface area contributed by atoms with Crippen LogP contribution in [0, 0.1) is 5.92 Å². The molecule has 5 heteroatoms. The van der Waals surface area contributed by atoms with E-state index in [1.807, 2.05) is 6.92 Å². The molecule has 1 rings (SSSR count). The van der Waals surface area contributed by atoms with Crippen molar-refractivity contribution in [3.63, 3.8) is 0 Å². The summed E-state index contributed by atoms with van der Waals surface area (Å²) in [6, 6.07) is -0.284. The molecular formula is C7H12N2O2S. The first-order chi connectivity index (χ1) is 5.65. The molecule has 1 aliphatic rings. The molecule has 0 radical (unpaired) electrons. The van der Waals surface area contributed by atoms with Gasteiger partial charge in [-0.05, 0) is 11.7 Å². The van der Waals surface area contributed by atoms with Crippen molar-refractivity contribution in [2.75, 3.05) is 18.8 Å². The van der Waals surface area contributed by atoms with Gasteiger partial charge in [-0.3, -0.25) is 9.69 Å². The van der Waals surface area contributed by atoms with E-state index in [0.29, 0.717) is 12.3 Å². The van der Waals surface area contributed by atoms with Crippen molar-refractivity contribution in [2.45, 2.75) is 6.92 Å². The van der Waals surface area contributed by atoms with E-state index in [1.165, 1.54) is 4.90 Å². The highest BCUT2D eigenvalue weighted by Crippen LogP contribution is 2.05. The smallest absolute Gasteiger partial charge is 0.324 e. The molecule has 0 aromatic carbocycles. The Morgan fingerprint density at radius 2 is 2.33 bits per heavy atom. The van der Waals surface area contributed by atoms with Crippen LogP contribution in [-0.4, -0.2) is 35.7 Å². The molecule has 0 spiro atoms. The quantitative estimate of drug-likeness (QED) is 0.487.